The van der Waals surface area contributed by atoms with E-state index in [-0.39, 0.29) is 41.7 Å². The van der Waals surface area contributed by atoms with Crippen molar-refractivity contribution in [1.29, 1.82) is 0 Å². The summed E-state index contributed by atoms with van der Waals surface area (Å²) in [7, 11) is -3.50. The van der Waals surface area contributed by atoms with Crippen molar-refractivity contribution >= 4 is 41.8 Å². The number of ether oxygens (including phenoxy) is 2. The van der Waals surface area contributed by atoms with Gasteiger partial charge in [0.05, 0.1) is 36.0 Å². The predicted octanol–water partition coefficient (Wildman–Crippen LogP) is 10.5. The van der Waals surface area contributed by atoms with Crippen LogP contribution >= 0.6 is 0 Å². The fourth-order valence-corrected chi connectivity index (χ4v) is 14.3. The predicted molar refractivity (Wildman–Crippen MR) is 251 cm³/mol. The molecule has 9 nitrogen and oxygen atoms in total. The van der Waals surface area contributed by atoms with E-state index in [0.29, 0.717) is 5.56 Å². The molecule has 0 bridgehead atoms. The standard InChI is InChI=1S/C52H62F5N3O6Si/c1-32-24-39-38-27-35(53)22-23-42(38)60(47(62)66-49(5,6)7)44(39)45(43-40(54)25-33(26-41(43)55)51(11,63)34-28-58(29-34)46(61)65-48(2,3)4)59(32)30-52(56,57)31-64-67(50(8,9)10,36-18-14-12-15-19-36)37-20-16-13-17-21-37/h12-23,25-27,32,34,45,63H,24,28-31H2,1-11H3/t32-,45-,51?/m1/s1. The molecule has 1 fully saturated rings. The number of hydrogen-bond acceptors (Lipinski definition) is 7. The van der Waals surface area contributed by atoms with Crippen LogP contribution in [0.2, 0.25) is 5.04 Å². The number of fused-ring (bicyclic) bond motifs is 3. The number of aromatic nitrogens is 1. The minimum absolute atomic E-state index is 0.000901. The van der Waals surface area contributed by atoms with Crippen LogP contribution in [-0.2, 0) is 25.9 Å². The highest BCUT2D eigenvalue weighted by Gasteiger charge is 2.53. The lowest BCUT2D eigenvalue weighted by atomic mass is 9.77. The summed E-state index contributed by atoms with van der Waals surface area (Å²) in [5.41, 5.74) is -4.02. The maximum absolute atomic E-state index is 17.3. The lowest BCUT2D eigenvalue weighted by molar-refractivity contribution is -0.0830. The second-order valence-corrected chi connectivity index (χ2v) is 25.7. The Morgan fingerprint density at radius 1 is 0.746 bits per heavy atom. The molecule has 15 heteroatoms. The molecule has 4 aromatic carbocycles. The number of amides is 1. The van der Waals surface area contributed by atoms with Gasteiger partial charge in [-0.3, -0.25) is 4.90 Å². The number of rotatable bonds is 10. The quantitative estimate of drug-likeness (QED) is 0.110. The highest BCUT2D eigenvalue weighted by atomic mass is 28.4. The van der Waals surface area contributed by atoms with Gasteiger partial charge in [0.1, 0.15) is 28.7 Å². The largest absolute Gasteiger partial charge is 0.444 e. The van der Waals surface area contributed by atoms with Crippen LogP contribution in [0.15, 0.2) is 91.0 Å². The summed E-state index contributed by atoms with van der Waals surface area (Å²) >= 11 is 0. The number of benzene rings is 4. The molecule has 0 saturated carbocycles. The van der Waals surface area contributed by atoms with Gasteiger partial charge in [-0.15, -0.1) is 0 Å². The molecule has 3 atom stereocenters. The van der Waals surface area contributed by atoms with Crippen LogP contribution in [0.3, 0.4) is 0 Å². The van der Waals surface area contributed by atoms with Crippen molar-refractivity contribution in [3.63, 3.8) is 0 Å². The summed E-state index contributed by atoms with van der Waals surface area (Å²) in [6, 6.07) is 21.7. The van der Waals surface area contributed by atoms with E-state index in [2.05, 4.69) is 0 Å². The van der Waals surface area contributed by atoms with Crippen LogP contribution in [0.25, 0.3) is 10.9 Å². The van der Waals surface area contributed by atoms with Crippen molar-refractivity contribution in [2.75, 3.05) is 26.2 Å². The van der Waals surface area contributed by atoms with E-state index in [1.54, 1.807) is 48.5 Å². The molecule has 1 aromatic heterocycles. The maximum Gasteiger partial charge on any atom is 0.419 e. The molecule has 67 heavy (non-hydrogen) atoms. The fraction of sp³-hybridized carbons (Fsp3) is 0.462. The van der Waals surface area contributed by atoms with Gasteiger partial charge < -0.3 is 23.9 Å². The smallest absolute Gasteiger partial charge is 0.419 e. The Balaban J connectivity index is 1.35. The molecule has 1 amide bonds. The molecule has 2 aliphatic heterocycles. The minimum Gasteiger partial charge on any atom is -0.444 e. The second-order valence-electron chi connectivity index (χ2n) is 21.4. The SMILES string of the molecule is C[C@@H]1Cc2c(n(C(=O)OC(C)(C)C)c3ccc(F)cc23)[C@@H](c2c(F)cc(C(C)(O)C3CN(C(=O)OC(C)(C)C)C3)cc2F)N1CC(F)(F)CO[Si](c1ccccc1)(c1ccccc1)C(C)(C)C. The third-order valence-electron chi connectivity index (χ3n) is 12.9. The van der Waals surface area contributed by atoms with E-state index in [9.17, 15) is 14.7 Å². The summed E-state index contributed by atoms with van der Waals surface area (Å²) < 4.78 is 103. The summed E-state index contributed by atoms with van der Waals surface area (Å²) in [6.07, 6.45) is -1.55. The maximum atomic E-state index is 17.3. The Hall–Kier alpha value is -5.09. The van der Waals surface area contributed by atoms with E-state index in [0.717, 1.165) is 33.1 Å². The average Bonchev–Trinajstić information content (AvgIpc) is 3.50. The van der Waals surface area contributed by atoms with Gasteiger partial charge in [0.25, 0.3) is 14.2 Å². The number of carbonyl (C=O) groups is 2. The molecule has 0 aliphatic carbocycles. The van der Waals surface area contributed by atoms with Gasteiger partial charge >= 0.3 is 12.2 Å². The van der Waals surface area contributed by atoms with Gasteiger partial charge in [0, 0.05) is 36.0 Å². The van der Waals surface area contributed by atoms with Crippen LogP contribution in [0.4, 0.5) is 31.5 Å². The van der Waals surface area contributed by atoms with Crippen molar-refractivity contribution < 1.29 is 50.5 Å². The van der Waals surface area contributed by atoms with Gasteiger partial charge in [-0.2, -0.15) is 0 Å². The molecular formula is C52H62F5N3O6Si. The highest BCUT2D eigenvalue weighted by molar-refractivity contribution is 6.99. The summed E-state index contributed by atoms with van der Waals surface area (Å²) in [6.45, 7) is 17.0. The highest BCUT2D eigenvalue weighted by Crippen LogP contribution is 2.47. The molecular weight excluding hydrogens is 886 g/mol. The first kappa shape index (κ1) is 49.8. The van der Waals surface area contributed by atoms with E-state index in [1.807, 2.05) is 81.4 Å². The molecule has 2 aliphatic rings. The first-order valence-electron chi connectivity index (χ1n) is 22.7. The Kier molecular flexibility index (Phi) is 13.2. The second kappa shape index (κ2) is 17.8. The van der Waals surface area contributed by atoms with Crippen molar-refractivity contribution in [3.8, 4) is 0 Å². The molecule has 3 heterocycles. The fourth-order valence-electron chi connectivity index (χ4n) is 9.70. The van der Waals surface area contributed by atoms with E-state index in [4.69, 9.17) is 13.9 Å². The summed E-state index contributed by atoms with van der Waals surface area (Å²) in [5, 5.41) is 13.0. The molecule has 5 aromatic rings. The van der Waals surface area contributed by atoms with Gasteiger partial charge in [0.2, 0.25) is 0 Å². The van der Waals surface area contributed by atoms with Gasteiger partial charge in [0.15, 0.2) is 0 Å². The van der Waals surface area contributed by atoms with Crippen LogP contribution in [0.1, 0.15) is 105 Å². The molecule has 0 radical (unpaired) electrons. The lowest BCUT2D eigenvalue weighted by Crippen LogP contribution is -2.67. The van der Waals surface area contributed by atoms with Crippen molar-refractivity contribution in [2.45, 2.75) is 122 Å². The third-order valence-corrected chi connectivity index (χ3v) is 17.9. The minimum atomic E-state index is -3.66. The Bertz CT molecular complexity index is 2570. The van der Waals surface area contributed by atoms with Crippen LogP contribution in [0.5, 0.6) is 0 Å². The van der Waals surface area contributed by atoms with Crippen LogP contribution < -0.4 is 10.4 Å². The van der Waals surface area contributed by atoms with Crippen LogP contribution in [0, 0.1) is 23.4 Å². The first-order valence-corrected chi connectivity index (χ1v) is 24.6. The van der Waals surface area contributed by atoms with Gasteiger partial charge in [-0.1, -0.05) is 81.4 Å². The molecule has 0 spiro atoms. The lowest BCUT2D eigenvalue weighted by Gasteiger charge is -2.47. The normalized spacial score (nSPS) is 18.6. The molecule has 1 unspecified atom stereocenters. The number of nitrogens with zero attached hydrogens (tertiary/aromatic N) is 3. The Morgan fingerprint density at radius 3 is 1.78 bits per heavy atom. The molecule has 1 saturated heterocycles. The summed E-state index contributed by atoms with van der Waals surface area (Å²) in [5.74, 6) is -7.28. The van der Waals surface area contributed by atoms with Crippen molar-refractivity contribution in [3.05, 3.63) is 131 Å². The average molecular weight is 948 g/mol. The number of aliphatic hydroxyl groups is 1. The zero-order chi connectivity index (χ0) is 49.2. The zero-order valence-corrected chi connectivity index (χ0v) is 41.1. The Morgan fingerprint density at radius 2 is 1.27 bits per heavy atom. The monoisotopic (exact) mass is 947 g/mol. The van der Waals surface area contributed by atoms with Crippen molar-refractivity contribution in [2.24, 2.45) is 5.92 Å². The zero-order valence-electron chi connectivity index (χ0n) is 40.1. The number of carbonyl (C=O) groups excluding carboxylic acids is 2. The third kappa shape index (κ3) is 9.79. The van der Waals surface area contributed by atoms with Gasteiger partial charge in [-0.25, -0.2) is 36.1 Å². The van der Waals surface area contributed by atoms with Crippen LogP contribution in [-0.4, -0.2) is 89.4 Å². The molecule has 7 rings (SSSR count). The number of likely N-dealkylation sites (tertiary alicyclic amines) is 1. The van der Waals surface area contributed by atoms with E-state index in [1.165, 1.54) is 28.9 Å². The number of hydrogen-bond donors (Lipinski definition) is 1. The number of alkyl halides is 2. The topological polar surface area (TPSA) is 93.5 Å². The van der Waals surface area contributed by atoms with E-state index < -0.39 is 102 Å². The first-order chi connectivity index (χ1) is 31.0. The number of halogens is 5. The van der Waals surface area contributed by atoms with Crippen molar-refractivity contribution in [1.82, 2.24) is 14.4 Å². The van der Waals surface area contributed by atoms with Gasteiger partial charge in [-0.05, 0) is 119 Å². The molecule has 1 N–H and O–H groups in total. The van der Waals surface area contributed by atoms with E-state index >= 15 is 22.0 Å². The Labute approximate surface area is 390 Å². The molecule has 360 valence electrons. The summed E-state index contributed by atoms with van der Waals surface area (Å²) in [4.78, 5) is 29.7.